The summed E-state index contributed by atoms with van der Waals surface area (Å²) in [6.07, 6.45) is -2.96. The summed E-state index contributed by atoms with van der Waals surface area (Å²) in [5.41, 5.74) is 5.61. The zero-order chi connectivity index (χ0) is 13.2. The number of nitrogens with one attached hydrogen (secondary N) is 1. The van der Waals surface area contributed by atoms with Crippen molar-refractivity contribution < 1.29 is 13.2 Å². The molecule has 1 fully saturated rings. The number of nitrogens with two attached hydrogens (primary N) is 1. The minimum atomic E-state index is -4.35. The van der Waals surface area contributed by atoms with Gasteiger partial charge in [0.2, 0.25) is 0 Å². The second kappa shape index (κ2) is 7.87. The number of piperazine rings is 1. The van der Waals surface area contributed by atoms with Crippen LogP contribution in [0.5, 0.6) is 0 Å². The maximum Gasteiger partial charge on any atom is 0.408 e. The van der Waals surface area contributed by atoms with Gasteiger partial charge in [-0.2, -0.15) is 13.2 Å². The number of halogens is 5. The number of pyridine rings is 1. The number of aromatic nitrogens is 1. The first-order valence-electron chi connectivity index (χ1n) is 5.72. The highest BCUT2D eigenvalue weighted by Gasteiger charge is 2.45. The zero-order valence-electron chi connectivity index (χ0n) is 10.6. The lowest BCUT2D eigenvalue weighted by molar-refractivity contribution is -0.187. The Kier molecular flexibility index (Phi) is 7.57. The average molecular weight is 333 g/mol. The van der Waals surface area contributed by atoms with Crippen LogP contribution in [-0.2, 0) is 0 Å². The first-order chi connectivity index (χ1) is 8.50. The Morgan fingerprint density at radius 3 is 2.35 bits per heavy atom. The minimum absolute atomic E-state index is 0. The molecule has 0 amide bonds. The number of hydrogen-bond acceptors (Lipinski definition) is 4. The number of rotatable bonds is 2. The van der Waals surface area contributed by atoms with Gasteiger partial charge in [-0.25, -0.2) is 4.98 Å². The molecular formula is C11H17Cl2F3N4. The first kappa shape index (κ1) is 19.2. The average Bonchev–Trinajstić information content (AvgIpc) is 2.32. The van der Waals surface area contributed by atoms with Crippen LogP contribution in [0.4, 0.5) is 19.0 Å². The molecule has 0 bridgehead atoms. The molecule has 0 aromatic carbocycles. The topological polar surface area (TPSA) is 54.2 Å². The third-order valence-corrected chi connectivity index (χ3v) is 2.99. The highest BCUT2D eigenvalue weighted by Crippen LogP contribution is 2.39. The maximum absolute atomic E-state index is 13.2. The van der Waals surface area contributed by atoms with Crippen molar-refractivity contribution in [2.75, 3.05) is 31.9 Å². The summed E-state index contributed by atoms with van der Waals surface area (Å²) in [6, 6.07) is 1.20. The van der Waals surface area contributed by atoms with E-state index in [1.807, 2.05) is 0 Å². The van der Waals surface area contributed by atoms with Crippen molar-refractivity contribution >= 4 is 30.6 Å². The molecule has 1 aliphatic rings. The normalized spacial score (nSPS) is 17.8. The lowest BCUT2D eigenvalue weighted by Gasteiger charge is -2.36. The lowest BCUT2D eigenvalue weighted by Crippen LogP contribution is -2.49. The van der Waals surface area contributed by atoms with E-state index in [4.69, 9.17) is 5.73 Å². The number of nitrogens with zero attached hydrogens (tertiary/aromatic N) is 2. The summed E-state index contributed by atoms with van der Waals surface area (Å²) in [4.78, 5) is 5.14. The van der Waals surface area contributed by atoms with Crippen molar-refractivity contribution in [2.24, 2.45) is 0 Å². The molecule has 1 aromatic heterocycles. The van der Waals surface area contributed by atoms with Crippen molar-refractivity contribution in [3.63, 3.8) is 0 Å². The fraction of sp³-hybridized carbons (Fsp3) is 0.545. The lowest BCUT2D eigenvalue weighted by atomic mass is 10.0. The quantitative estimate of drug-likeness (QED) is 0.869. The van der Waals surface area contributed by atoms with Crippen LogP contribution in [0.1, 0.15) is 11.6 Å². The van der Waals surface area contributed by atoms with E-state index in [9.17, 15) is 13.2 Å². The van der Waals surface area contributed by atoms with Crippen LogP contribution >= 0.6 is 24.8 Å². The van der Waals surface area contributed by atoms with Gasteiger partial charge in [-0.15, -0.1) is 24.8 Å². The Balaban J connectivity index is 0.00000180. The molecule has 0 aliphatic carbocycles. The highest BCUT2D eigenvalue weighted by molar-refractivity contribution is 5.85. The first-order valence-corrected chi connectivity index (χ1v) is 5.72. The maximum atomic E-state index is 13.2. The Bertz CT molecular complexity index is 411. The van der Waals surface area contributed by atoms with Crippen molar-refractivity contribution in [3.8, 4) is 0 Å². The van der Waals surface area contributed by atoms with E-state index in [0.717, 1.165) is 0 Å². The van der Waals surface area contributed by atoms with Crippen molar-refractivity contribution in [3.05, 3.63) is 23.9 Å². The molecule has 4 nitrogen and oxygen atoms in total. The van der Waals surface area contributed by atoms with Gasteiger partial charge in [-0.1, -0.05) is 6.07 Å². The molecule has 2 rings (SSSR count). The fourth-order valence-electron chi connectivity index (χ4n) is 2.18. The Hall–Kier alpha value is -0.760. The molecule has 116 valence electrons. The van der Waals surface area contributed by atoms with Gasteiger partial charge in [-0.05, 0) is 6.07 Å². The largest absolute Gasteiger partial charge is 0.408 e. The van der Waals surface area contributed by atoms with E-state index < -0.39 is 12.2 Å². The monoisotopic (exact) mass is 332 g/mol. The van der Waals surface area contributed by atoms with Gasteiger partial charge < -0.3 is 11.1 Å². The molecule has 2 heterocycles. The van der Waals surface area contributed by atoms with E-state index in [1.165, 1.54) is 23.2 Å². The van der Waals surface area contributed by atoms with Gasteiger partial charge in [0.15, 0.2) is 0 Å². The molecule has 0 unspecified atom stereocenters. The second-order valence-electron chi connectivity index (χ2n) is 4.21. The zero-order valence-corrected chi connectivity index (χ0v) is 12.2. The van der Waals surface area contributed by atoms with Gasteiger partial charge in [0.05, 0.1) is 0 Å². The molecule has 3 N–H and O–H groups in total. The van der Waals surface area contributed by atoms with E-state index in [1.54, 1.807) is 0 Å². The van der Waals surface area contributed by atoms with Crippen LogP contribution in [0, 0.1) is 0 Å². The van der Waals surface area contributed by atoms with Gasteiger partial charge in [-0.3, -0.25) is 4.90 Å². The van der Waals surface area contributed by atoms with Crippen LogP contribution < -0.4 is 11.1 Å². The number of alkyl halides is 3. The Morgan fingerprint density at radius 1 is 1.25 bits per heavy atom. The van der Waals surface area contributed by atoms with Gasteiger partial charge in [0, 0.05) is 37.9 Å². The third kappa shape index (κ3) is 4.37. The Morgan fingerprint density at radius 2 is 1.85 bits per heavy atom. The second-order valence-corrected chi connectivity index (χ2v) is 4.21. The van der Waals surface area contributed by atoms with Crippen molar-refractivity contribution in [2.45, 2.75) is 12.2 Å². The summed E-state index contributed by atoms with van der Waals surface area (Å²) in [6.45, 7) is 1.79. The summed E-state index contributed by atoms with van der Waals surface area (Å²) in [7, 11) is 0. The summed E-state index contributed by atoms with van der Waals surface area (Å²) < 4.78 is 39.7. The predicted octanol–water partition coefficient (Wildman–Crippen LogP) is 2.02. The number of hydrogen-bond donors (Lipinski definition) is 2. The molecule has 1 atom stereocenters. The molecule has 20 heavy (non-hydrogen) atoms. The molecule has 1 aromatic rings. The Labute approximate surface area is 127 Å². The van der Waals surface area contributed by atoms with Crippen LogP contribution in [0.25, 0.3) is 0 Å². The van der Waals surface area contributed by atoms with E-state index in [0.29, 0.717) is 26.2 Å². The smallest absolute Gasteiger partial charge is 0.383 e. The van der Waals surface area contributed by atoms with Crippen LogP contribution in [0.3, 0.4) is 0 Å². The van der Waals surface area contributed by atoms with Crippen LogP contribution in [0.15, 0.2) is 18.3 Å². The van der Waals surface area contributed by atoms with Crippen molar-refractivity contribution in [1.29, 1.82) is 0 Å². The molecule has 1 aliphatic heterocycles. The molecular weight excluding hydrogens is 316 g/mol. The third-order valence-electron chi connectivity index (χ3n) is 2.99. The fourth-order valence-corrected chi connectivity index (χ4v) is 2.18. The van der Waals surface area contributed by atoms with E-state index in [-0.39, 0.29) is 36.2 Å². The summed E-state index contributed by atoms with van der Waals surface area (Å²) in [5.74, 6) is -0.0571. The van der Waals surface area contributed by atoms with Crippen LogP contribution in [-0.4, -0.2) is 42.2 Å². The molecule has 9 heteroatoms. The van der Waals surface area contributed by atoms with Crippen LogP contribution in [0.2, 0.25) is 0 Å². The predicted molar refractivity (Wildman–Crippen MR) is 76.4 cm³/mol. The molecule has 0 spiro atoms. The standard InChI is InChI=1S/C11H15F3N4.2ClH/c12-11(13,14)9(18-6-4-16-5-7-18)8-2-1-3-17-10(8)15;;/h1-3,9,16H,4-7H2,(H2,15,17);2*1H/t9-;;/m1../s1. The van der Waals surface area contributed by atoms with E-state index >= 15 is 0 Å². The van der Waals surface area contributed by atoms with Crippen molar-refractivity contribution in [1.82, 2.24) is 15.2 Å². The highest BCUT2D eigenvalue weighted by atomic mass is 35.5. The van der Waals surface area contributed by atoms with E-state index in [2.05, 4.69) is 10.3 Å². The van der Waals surface area contributed by atoms with Gasteiger partial charge >= 0.3 is 6.18 Å². The summed E-state index contributed by atoms with van der Waals surface area (Å²) >= 11 is 0. The number of anilines is 1. The number of nitrogen functional groups attached to an aromatic ring is 1. The summed E-state index contributed by atoms with van der Waals surface area (Å²) in [5, 5.41) is 3.03. The molecule has 0 radical (unpaired) electrons. The van der Waals surface area contributed by atoms with Gasteiger partial charge in [0.25, 0.3) is 0 Å². The SMILES string of the molecule is Cl.Cl.Nc1ncccc1[C@@H](N1CCNCC1)C(F)(F)F. The van der Waals surface area contributed by atoms with Gasteiger partial charge in [0.1, 0.15) is 11.9 Å². The molecule has 1 saturated heterocycles. The molecule has 0 saturated carbocycles. The minimum Gasteiger partial charge on any atom is -0.383 e.